The van der Waals surface area contributed by atoms with Gasteiger partial charge in [0.25, 0.3) is 11.7 Å². The number of rotatable bonds is 0. The number of alkyl halides is 2. The van der Waals surface area contributed by atoms with E-state index < -0.39 is 36.1 Å². The second-order valence-electron chi connectivity index (χ2n) is 3.24. The average Bonchev–Trinajstić information content (AvgIpc) is 2.11. The zero-order valence-corrected chi connectivity index (χ0v) is 6.75. The molecular formula is C6H10F2O6. The van der Waals surface area contributed by atoms with E-state index in [1.54, 1.807) is 0 Å². The van der Waals surface area contributed by atoms with Crippen LogP contribution in [0, 0.1) is 0 Å². The summed E-state index contributed by atoms with van der Waals surface area (Å²) in [5.74, 6) is -7.88. The minimum Gasteiger partial charge on any atom is -0.387 e. The Labute approximate surface area is 76.7 Å². The van der Waals surface area contributed by atoms with Crippen LogP contribution < -0.4 is 0 Å². The molecule has 8 heteroatoms. The molecule has 0 aromatic rings. The Bertz CT molecular complexity index is 210. The van der Waals surface area contributed by atoms with Gasteiger partial charge in [-0.1, -0.05) is 0 Å². The third-order valence-corrected chi connectivity index (χ3v) is 2.24. The molecule has 0 aromatic heterocycles. The zero-order chi connectivity index (χ0) is 11.3. The molecule has 6 N–H and O–H groups in total. The summed E-state index contributed by atoms with van der Waals surface area (Å²) in [6, 6.07) is 0. The second kappa shape index (κ2) is 3.05. The normalized spacial score (nSPS) is 60.0. The highest BCUT2D eigenvalue weighted by Crippen LogP contribution is 2.38. The summed E-state index contributed by atoms with van der Waals surface area (Å²) in [6.45, 7) is 0. The van der Waals surface area contributed by atoms with Crippen LogP contribution in [0.5, 0.6) is 0 Å². The van der Waals surface area contributed by atoms with Crippen molar-refractivity contribution in [2.45, 2.75) is 36.1 Å². The summed E-state index contributed by atoms with van der Waals surface area (Å²) in [6.07, 6.45) is -10.8. The summed E-state index contributed by atoms with van der Waals surface area (Å²) in [4.78, 5) is 0. The molecule has 14 heavy (non-hydrogen) atoms. The van der Waals surface area contributed by atoms with Gasteiger partial charge in [0.05, 0.1) is 0 Å². The molecule has 84 valence electrons. The van der Waals surface area contributed by atoms with Gasteiger partial charge >= 0.3 is 0 Å². The van der Waals surface area contributed by atoms with E-state index in [9.17, 15) is 8.78 Å². The first kappa shape index (κ1) is 11.7. The summed E-state index contributed by atoms with van der Waals surface area (Å²) in [5.41, 5.74) is 0. The average molecular weight is 216 g/mol. The number of aliphatic hydroxyl groups is 6. The fourth-order valence-electron chi connectivity index (χ4n) is 1.26. The van der Waals surface area contributed by atoms with Crippen molar-refractivity contribution in [3.8, 4) is 0 Å². The monoisotopic (exact) mass is 216 g/mol. The van der Waals surface area contributed by atoms with Crippen molar-refractivity contribution in [2.75, 3.05) is 0 Å². The van der Waals surface area contributed by atoms with Crippen LogP contribution in [0.3, 0.4) is 0 Å². The van der Waals surface area contributed by atoms with Crippen molar-refractivity contribution in [1.29, 1.82) is 0 Å². The molecule has 0 spiro atoms. The molecule has 0 unspecified atom stereocenters. The number of halogens is 2. The summed E-state index contributed by atoms with van der Waals surface area (Å²) < 4.78 is 25.9. The van der Waals surface area contributed by atoms with Crippen molar-refractivity contribution < 1.29 is 39.4 Å². The Morgan fingerprint density at radius 3 is 1.36 bits per heavy atom. The Morgan fingerprint density at radius 1 is 0.786 bits per heavy atom. The van der Waals surface area contributed by atoms with Crippen LogP contribution >= 0.6 is 0 Å². The van der Waals surface area contributed by atoms with Crippen molar-refractivity contribution in [2.24, 2.45) is 0 Å². The molecule has 1 aliphatic rings. The van der Waals surface area contributed by atoms with Crippen LogP contribution in [0.2, 0.25) is 0 Å². The molecule has 0 amide bonds. The van der Waals surface area contributed by atoms with E-state index >= 15 is 0 Å². The minimum absolute atomic E-state index is 2.46. The number of hydrogen-bond acceptors (Lipinski definition) is 6. The van der Waals surface area contributed by atoms with Crippen LogP contribution in [0.25, 0.3) is 0 Å². The number of aliphatic hydroxyl groups excluding tert-OH is 4. The van der Waals surface area contributed by atoms with Gasteiger partial charge in [0.1, 0.15) is 18.3 Å². The first-order valence-electron chi connectivity index (χ1n) is 3.68. The molecule has 1 fully saturated rings. The predicted octanol–water partition coefficient (Wildman–Crippen LogP) is -3.24. The quantitative estimate of drug-likeness (QED) is 0.253. The highest BCUT2D eigenvalue weighted by Gasteiger charge is 2.67. The van der Waals surface area contributed by atoms with Gasteiger partial charge in [-0.3, -0.25) is 0 Å². The van der Waals surface area contributed by atoms with E-state index in [0.29, 0.717) is 0 Å². The lowest BCUT2D eigenvalue weighted by Crippen LogP contribution is -2.73. The van der Waals surface area contributed by atoms with E-state index in [-0.39, 0.29) is 0 Å². The molecule has 0 aromatic carbocycles. The van der Waals surface area contributed by atoms with Crippen LogP contribution in [0.4, 0.5) is 8.78 Å². The molecular weight excluding hydrogens is 206 g/mol. The zero-order valence-electron chi connectivity index (χ0n) is 6.75. The molecule has 1 rings (SSSR count). The third kappa shape index (κ3) is 1.31. The lowest BCUT2D eigenvalue weighted by atomic mass is 9.81. The molecule has 1 saturated carbocycles. The minimum atomic E-state index is -3.94. The fraction of sp³-hybridized carbons (Fsp3) is 1.00. The Hall–Kier alpha value is -0.380. The van der Waals surface area contributed by atoms with E-state index in [0.717, 1.165) is 0 Å². The maximum Gasteiger partial charge on any atom is 0.267 e. The van der Waals surface area contributed by atoms with Gasteiger partial charge in [-0.15, -0.1) is 0 Å². The van der Waals surface area contributed by atoms with Gasteiger partial charge in [-0.25, -0.2) is 8.78 Å². The lowest BCUT2D eigenvalue weighted by molar-refractivity contribution is -0.374. The second-order valence-corrected chi connectivity index (χ2v) is 3.24. The molecule has 6 atom stereocenters. The maximum atomic E-state index is 13.0. The molecule has 0 aliphatic heterocycles. The van der Waals surface area contributed by atoms with Crippen molar-refractivity contribution in [3.05, 3.63) is 0 Å². The maximum absolute atomic E-state index is 13.0. The van der Waals surface area contributed by atoms with Crippen LogP contribution in [0.1, 0.15) is 0 Å². The topological polar surface area (TPSA) is 121 Å². The van der Waals surface area contributed by atoms with Crippen molar-refractivity contribution in [3.63, 3.8) is 0 Å². The van der Waals surface area contributed by atoms with E-state index in [1.165, 1.54) is 0 Å². The molecule has 0 saturated heterocycles. The van der Waals surface area contributed by atoms with Crippen molar-refractivity contribution >= 4 is 0 Å². The summed E-state index contributed by atoms with van der Waals surface area (Å²) in [5, 5.41) is 52.6. The van der Waals surface area contributed by atoms with E-state index in [1.807, 2.05) is 0 Å². The van der Waals surface area contributed by atoms with Gasteiger partial charge in [0.15, 0.2) is 6.10 Å². The SMILES string of the molecule is O[C@@H]1[C@@H](O)[C@@](O)(F)[C@H](O)[C@@](O)(F)[C@H]1O. The first-order valence-corrected chi connectivity index (χ1v) is 3.68. The fourth-order valence-corrected chi connectivity index (χ4v) is 1.26. The van der Waals surface area contributed by atoms with Gasteiger partial charge in [-0.05, 0) is 0 Å². The standard InChI is InChI=1S/C6H10F2O6/c7-5(13)2(10)1(9)3(11)6(8,14)4(5)12/h1-4,9-14H/t1-,2-,3+,4+,5+,6-. The van der Waals surface area contributed by atoms with Gasteiger partial charge in [0, 0.05) is 0 Å². The van der Waals surface area contributed by atoms with Gasteiger partial charge in [0.2, 0.25) is 0 Å². The Kier molecular flexibility index (Phi) is 2.55. The first-order chi connectivity index (χ1) is 6.13. The Balaban J connectivity index is 3.09. The summed E-state index contributed by atoms with van der Waals surface area (Å²) >= 11 is 0. The smallest absolute Gasteiger partial charge is 0.267 e. The lowest BCUT2D eigenvalue weighted by Gasteiger charge is -2.45. The molecule has 0 bridgehead atoms. The third-order valence-electron chi connectivity index (χ3n) is 2.24. The van der Waals surface area contributed by atoms with E-state index in [4.69, 9.17) is 30.6 Å². The van der Waals surface area contributed by atoms with Gasteiger partial charge in [-0.2, -0.15) is 0 Å². The van der Waals surface area contributed by atoms with Crippen LogP contribution in [-0.4, -0.2) is 66.8 Å². The van der Waals surface area contributed by atoms with E-state index in [2.05, 4.69) is 0 Å². The molecule has 6 nitrogen and oxygen atoms in total. The molecule has 0 heterocycles. The van der Waals surface area contributed by atoms with Crippen LogP contribution in [0.15, 0.2) is 0 Å². The highest BCUT2D eigenvalue weighted by atomic mass is 19.2. The molecule has 1 aliphatic carbocycles. The summed E-state index contributed by atoms with van der Waals surface area (Å²) in [7, 11) is 0. The Morgan fingerprint density at radius 2 is 1.07 bits per heavy atom. The molecule has 0 radical (unpaired) electrons. The van der Waals surface area contributed by atoms with Gasteiger partial charge < -0.3 is 30.6 Å². The highest BCUT2D eigenvalue weighted by molar-refractivity contribution is 5.06. The predicted molar refractivity (Wildman–Crippen MR) is 36.1 cm³/mol. The largest absolute Gasteiger partial charge is 0.387 e. The van der Waals surface area contributed by atoms with Crippen LogP contribution in [-0.2, 0) is 0 Å². The number of hydrogen-bond donors (Lipinski definition) is 6. The van der Waals surface area contributed by atoms with Crippen molar-refractivity contribution in [1.82, 2.24) is 0 Å².